The molecular formula is C10H15NO4S. The molecular weight excluding hydrogens is 230 g/mol. The van der Waals surface area contributed by atoms with Gasteiger partial charge in [-0.25, -0.2) is 8.42 Å². The van der Waals surface area contributed by atoms with E-state index in [0.717, 1.165) is 6.26 Å². The van der Waals surface area contributed by atoms with Gasteiger partial charge in [0.15, 0.2) is 5.41 Å². The minimum absolute atomic E-state index is 0.0567. The highest BCUT2D eigenvalue weighted by Gasteiger charge is 2.49. The summed E-state index contributed by atoms with van der Waals surface area (Å²) in [4.78, 5) is 11.6. The summed E-state index contributed by atoms with van der Waals surface area (Å²) in [6, 6.07) is 1.93. The van der Waals surface area contributed by atoms with E-state index in [-0.39, 0.29) is 19.4 Å². The van der Waals surface area contributed by atoms with Crippen LogP contribution in [0.15, 0.2) is 0 Å². The van der Waals surface area contributed by atoms with Crippen molar-refractivity contribution >= 4 is 15.8 Å². The molecule has 0 spiro atoms. The van der Waals surface area contributed by atoms with E-state index in [2.05, 4.69) is 0 Å². The third-order valence-electron chi connectivity index (χ3n) is 2.95. The first-order valence-corrected chi connectivity index (χ1v) is 7.08. The molecule has 90 valence electrons. The standard InChI is InChI=1S/C10H15NO4S/c1-3-15-9(12)10(7-11)5-4-8(6-10)16(2,13)14/h8H,3-6H2,1-2H3/t8-,10-/m1/s1. The fraction of sp³-hybridized carbons (Fsp3) is 0.800. The van der Waals surface area contributed by atoms with Gasteiger partial charge in [0.25, 0.3) is 0 Å². The third kappa shape index (κ3) is 2.35. The first-order valence-electron chi connectivity index (χ1n) is 5.13. The largest absolute Gasteiger partial charge is 0.465 e. The molecule has 5 nitrogen and oxygen atoms in total. The summed E-state index contributed by atoms with van der Waals surface area (Å²) in [6.07, 6.45) is 1.81. The summed E-state index contributed by atoms with van der Waals surface area (Å²) < 4.78 is 27.5. The Bertz CT molecular complexity index is 423. The van der Waals surface area contributed by atoms with Crippen LogP contribution in [-0.4, -0.2) is 32.5 Å². The maximum Gasteiger partial charge on any atom is 0.326 e. The first kappa shape index (κ1) is 13.0. The zero-order chi connectivity index (χ0) is 12.4. The van der Waals surface area contributed by atoms with E-state index >= 15 is 0 Å². The molecule has 0 aromatic rings. The molecule has 0 heterocycles. The van der Waals surface area contributed by atoms with Gasteiger partial charge in [-0.2, -0.15) is 5.26 Å². The Balaban J connectivity index is 2.89. The molecule has 0 saturated heterocycles. The van der Waals surface area contributed by atoms with Crippen LogP contribution >= 0.6 is 0 Å². The average Bonchev–Trinajstić information content (AvgIpc) is 2.63. The van der Waals surface area contributed by atoms with Crippen LogP contribution in [0.1, 0.15) is 26.2 Å². The van der Waals surface area contributed by atoms with Crippen molar-refractivity contribution in [3.63, 3.8) is 0 Å². The highest BCUT2D eigenvalue weighted by molar-refractivity contribution is 7.91. The molecule has 0 amide bonds. The zero-order valence-electron chi connectivity index (χ0n) is 9.39. The van der Waals surface area contributed by atoms with Crippen LogP contribution in [0.2, 0.25) is 0 Å². The van der Waals surface area contributed by atoms with Gasteiger partial charge in [-0.1, -0.05) is 0 Å². The summed E-state index contributed by atoms with van der Waals surface area (Å²) >= 11 is 0. The second kappa shape index (κ2) is 4.42. The monoisotopic (exact) mass is 245 g/mol. The second-order valence-electron chi connectivity index (χ2n) is 4.11. The molecule has 0 aliphatic heterocycles. The lowest BCUT2D eigenvalue weighted by atomic mass is 9.88. The fourth-order valence-electron chi connectivity index (χ4n) is 1.97. The van der Waals surface area contributed by atoms with Crippen molar-refractivity contribution in [2.75, 3.05) is 12.9 Å². The molecule has 0 aromatic heterocycles. The van der Waals surface area contributed by atoms with Gasteiger partial charge in [0, 0.05) is 6.26 Å². The molecule has 1 aliphatic carbocycles. The fourth-order valence-corrected chi connectivity index (χ4v) is 3.10. The van der Waals surface area contributed by atoms with Crippen molar-refractivity contribution in [3.05, 3.63) is 0 Å². The summed E-state index contributed by atoms with van der Waals surface area (Å²) in [5.41, 5.74) is -1.26. The molecule has 6 heteroatoms. The Morgan fingerprint density at radius 2 is 2.25 bits per heavy atom. The van der Waals surface area contributed by atoms with Gasteiger partial charge >= 0.3 is 5.97 Å². The number of sulfone groups is 1. The molecule has 1 aliphatic rings. The Morgan fingerprint density at radius 3 is 2.62 bits per heavy atom. The Hall–Kier alpha value is -1.09. The van der Waals surface area contributed by atoms with E-state index in [1.165, 1.54) is 0 Å². The van der Waals surface area contributed by atoms with Crippen LogP contribution in [0.5, 0.6) is 0 Å². The number of carbonyl (C=O) groups is 1. The number of hydrogen-bond acceptors (Lipinski definition) is 5. The lowest BCUT2D eigenvalue weighted by Gasteiger charge is -2.18. The summed E-state index contributed by atoms with van der Waals surface area (Å²) in [6.45, 7) is 1.86. The zero-order valence-corrected chi connectivity index (χ0v) is 10.2. The summed E-state index contributed by atoms with van der Waals surface area (Å²) in [7, 11) is -3.19. The SMILES string of the molecule is CCOC(=O)[C@]1(C#N)CC[C@@H](S(C)(=O)=O)C1. The lowest BCUT2D eigenvalue weighted by Crippen LogP contribution is -2.30. The van der Waals surface area contributed by atoms with Crippen LogP contribution in [0.25, 0.3) is 0 Å². The molecule has 0 unspecified atom stereocenters. The number of ether oxygens (including phenoxy) is 1. The molecule has 16 heavy (non-hydrogen) atoms. The molecule has 0 aromatic carbocycles. The van der Waals surface area contributed by atoms with Gasteiger partial charge in [-0.3, -0.25) is 4.79 Å². The minimum atomic E-state index is -3.19. The topological polar surface area (TPSA) is 84.2 Å². The number of rotatable bonds is 3. The van der Waals surface area contributed by atoms with Gasteiger partial charge in [0.2, 0.25) is 0 Å². The molecule has 0 bridgehead atoms. The average molecular weight is 245 g/mol. The lowest BCUT2D eigenvalue weighted by molar-refractivity contribution is -0.151. The van der Waals surface area contributed by atoms with Crippen molar-refractivity contribution in [1.29, 1.82) is 5.26 Å². The number of nitriles is 1. The van der Waals surface area contributed by atoms with Crippen molar-refractivity contribution in [2.24, 2.45) is 5.41 Å². The van der Waals surface area contributed by atoms with E-state index in [1.54, 1.807) is 6.92 Å². The maximum atomic E-state index is 11.6. The van der Waals surface area contributed by atoms with Crippen molar-refractivity contribution in [1.82, 2.24) is 0 Å². The second-order valence-corrected chi connectivity index (χ2v) is 6.43. The van der Waals surface area contributed by atoms with Crippen molar-refractivity contribution in [2.45, 2.75) is 31.4 Å². The van der Waals surface area contributed by atoms with E-state index in [0.29, 0.717) is 6.42 Å². The van der Waals surface area contributed by atoms with Gasteiger partial charge in [0.1, 0.15) is 9.84 Å². The van der Waals surface area contributed by atoms with Gasteiger partial charge in [0.05, 0.1) is 17.9 Å². The summed E-state index contributed by atoms with van der Waals surface area (Å²) in [5, 5.41) is 8.45. The highest BCUT2D eigenvalue weighted by atomic mass is 32.2. The number of nitrogens with zero attached hydrogens (tertiary/aromatic N) is 1. The number of hydrogen-bond donors (Lipinski definition) is 0. The minimum Gasteiger partial charge on any atom is -0.465 e. The van der Waals surface area contributed by atoms with Gasteiger partial charge in [-0.15, -0.1) is 0 Å². The van der Waals surface area contributed by atoms with Crippen molar-refractivity contribution < 1.29 is 17.9 Å². The Morgan fingerprint density at radius 1 is 1.62 bits per heavy atom. The Kier molecular flexibility index (Phi) is 3.58. The Labute approximate surface area is 95.3 Å². The van der Waals surface area contributed by atoms with E-state index in [4.69, 9.17) is 10.00 Å². The van der Waals surface area contributed by atoms with E-state index < -0.39 is 26.5 Å². The predicted molar refractivity (Wildman–Crippen MR) is 57.2 cm³/mol. The van der Waals surface area contributed by atoms with Crippen LogP contribution in [0.3, 0.4) is 0 Å². The van der Waals surface area contributed by atoms with E-state index in [1.807, 2.05) is 6.07 Å². The van der Waals surface area contributed by atoms with Crippen LogP contribution < -0.4 is 0 Å². The van der Waals surface area contributed by atoms with Crippen molar-refractivity contribution in [3.8, 4) is 6.07 Å². The van der Waals surface area contributed by atoms with E-state index in [9.17, 15) is 13.2 Å². The smallest absolute Gasteiger partial charge is 0.326 e. The molecule has 2 atom stereocenters. The molecule has 0 radical (unpaired) electrons. The van der Waals surface area contributed by atoms with Crippen LogP contribution in [0, 0.1) is 16.7 Å². The third-order valence-corrected chi connectivity index (χ3v) is 4.57. The van der Waals surface area contributed by atoms with Crippen LogP contribution in [-0.2, 0) is 19.4 Å². The van der Waals surface area contributed by atoms with Gasteiger partial charge in [-0.05, 0) is 26.2 Å². The normalized spacial score (nSPS) is 29.7. The molecule has 1 saturated carbocycles. The number of esters is 1. The summed E-state index contributed by atoms with van der Waals surface area (Å²) in [5.74, 6) is -0.594. The molecule has 1 rings (SSSR count). The van der Waals surface area contributed by atoms with Gasteiger partial charge < -0.3 is 4.74 Å². The highest BCUT2D eigenvalue weighted by Crippen LogP contribution is 2.41. The first-order chi connectivity index (χ1) is 7.35. The van der Waals surface area contributed by atoms with Crippen LogP contribution in [0.4, 0.5) is 0 Å². The maximum absolute atomic E-state index is 11.6. The number of carbonyl (C=O) groups excluding carboxylic acids is 1. The predicted octanol–water partition coefficient (Wildman–Crippen LogP) is 0.657. The molecule has 0 N–H and O–H groups in total. The molecule has 1 fully saturated rings. The quantitative estimate of drug-likeness (QED) is 0.682.